The molecule has 0 bridgehead atoms. The summed E-state index contributed by atoms with van der Waals surface area (Å²) in [6.45, 7) is 2.89. The molecular weight excluding hydrogens is 604 g/mol. The number of anilines is 2. The van der Waals surface area contributed by atoms with Crippen molar-refractivity contribution in [2.24, 2.45) is 0 Å². The Morgan fingerprint density at radius 2 is 1.62 bits per heavy atom. The maximum atomic E-state index is 14.1. The van der Waals surface area contributed by atoms with E-state index < -0.39 is 24.0 Å². The number of aryl methyl sites for hydroxylation is 2. The monoisotopic (exact) mass is 648 g/mol. The number of hydrogen-bond acceptors (Lipinski definition) is 6. The molecule has 2 aliphatic rings. The van der Waals surface area contributed by atoms with Crippen LogP contribution in [0.3, 0.4) is 0 Å². The number of benzene rings is 4. The van der Waals surface area contributed by atoms with E-state index in [9.17, 15) is 14.7 Å². The lowest BCUT2D eigenvalue weighted by atomic mass is 9.84. The highest BCUT2D eigenvalue weighted by Crippen LogP contribution is 2.32. The number of morpholine rings is 1. The second kappa shape index (κ2) is 15.8. The summed E-state index contributed by atoms with van der Waals surface area (Å²) in [6, 6.07) is 32.1. The quantitative estimate of drug-likeness (QED) is 0.146. The molecule has 9 nitrogen and oxygen atoms in total. The van der Waals surface area contributed by atoms with Gasteiger partial charge in [-0.3, -0.25) is 9.69 Å². The van der Waals surface area contributed by atoms with E-state index in [1.54, 1.807) is 0 Å². The SMILES string of the molecule is CN(C(=O)O)[C@H](C(=O)Nc1ccccc1CC[C@@H]1CNC[C@@H](COc2ccc3c(c2)NCCC3)O1)C(c1ccccc1)c1ccccc1. The summed E-state index contributed by atoms with van der Waals surface area (Å²) in [6.07, 6.45) is 2.38. The number of rotatable bonds is 12. The summed E-state index contributed by atoms with van der Waals surface area (Å²) < 4.78 is 12.6. The number of nitrogens with one attached hydrogen (secondary N) is 3. The summed E-state index contributed by atoms with van der Waals surface area (Å²) in [5.41, 5.74) is 5.82. The van der Waals surface area contributed by atoms with Crippen molar-refractivity contribution in [3.8, 4) is 5.75 Å². The van der Waals surface area contributed by atoms with Crippen molar-refractivity contribution in [2.75, 3.05) is 43.9 Å². The molecule has 6 rings (SSSR count). The molecule has 0 spiro atoms. The summed E-state index contributed by atoms with van der Waals surface area (Å²) in [7, 11) is 1.45. The van der Waals surface area contributed by atoms with Crippen LogP contribution in [-0.4, -0.2) is 73.5 Å². The standard InChI is InChI=1S/C39H44N4O5/c1-43(39(45)46)37(36(29-12-4-2-5-13-29)30-14-6-3-7-15-30)38(44)42-34-17-9-8-11-27(34)19-21-32-24-40-25-33(48-32)26-47-31-20-18-28-16-10-22-41-35(28)23-31/h2-9,11-15,17-18,20,23,32-33,36-37,40-41H,10,16,19,21-22,24-26H2,1H3,(H,42,44)(H,45,46)/t32-,33+,37+/m1/s1. The van der Waals surface area contributed by atoms with Crippen LogP contribution < -0.4 is 20.7 Å². The zero-order valence-electron chi connectivity index (χ0n) is 27.3. The van der Waals surface area contributed by atoms with E-state index in [-0.39, 0.29) is 12.2 Å². The molecule has 0 unspecified atom stereocenters. The van der Waals surface area contributed by atoms with Crippen LogP contribution in [0.5, 0.6) is 5.75 Å². The van der Waals surface area contributed by atoms with Gasteiger partial charge in [0.2, 0.25) is 5.91 Å². The molecule has 4 N–H and O–H groups in total. The van der Waals surface area contributed by atoms with Gasteiger partial charge in [0.25, 0.3) is 0 Å². The van der Waals surface area contributed by atoms with Crippen LogP contribution in [0.1, 0.15) is 41.0 Å². The third-order valence-corrected chi connectivity index (χ3v) is 9.22. The Morgan fingerprint density at radius 1 is 0.938 bits per heavy atom. The van der Waals surface area contributed by atoms with E-state index in [0.717, 1.165) is 71.9 Å². The van der Waals surface area contributed by atoms with Crippen LogP contribution >= 0.6 is 0 Å². The number of para-hydroxylation sites is 1. The molecule has 4 aromatic carbocycles. The fourth-order valence-electron chi connectivity index (χ4n) is 6.69. The third-order valence-electron chi connectivity index (χ3n) is 9.22. The fourth-order valence-corrected chi connectivity index (χ4v) is 6.69. The molecule has 1 fully saturated rings. The number of carboxylic acid groups (broad SMARTS) is 1. The van der Waals surface area contributed by atoms with E-state index in [4.69, 9.17) is 9.47 Å². The number of hydrogen-bond donors (Lipinski definition) is 4. The highest BCUT2D eigenvalue weighted by atomic mass is 16.5. The van der Waals surface area contributed by atoms with Gasteiger partial charge in [-0.25, -0.2) is 4.79 Å². The zero-order valence-corrected chi connectivity index (χ0v) is 27.3. The van der Waals surface area contributed by atoms with Gasteiger partial charge in [-0.1, -0.05) is 84.9 Å². The molecule has 2 aliphatic heterocycles. The van der Waals surface area contributed by atoms with Crippen LogP contribution in [0.4, 0.5) is 16.2 Å². The number of nitrogens with zero attached hydrogens (tertiary/aromatic N) is 1. The van der Waals surface area contributed by atoms with Crippen molar-refractivity contribution in [1.82, 2.24) is 10.2 Å². The number of carbonyl (C=O) groups excluding carboxylic acids is 1. The lowest BCUT2D eigenvalue weighted by Crippen LogP contribution is -2.48. The van der Waals surface area contributed by atoms with Crippen LogP contribution in [0.15, 0.2) is 103 Å². The fraction of sp³-hybridized carbons (Fsp3) is 0.333. The molecule has 0 aliphatic carbocycles. The molecule has 9 heteroatoms. The predicted molar refractivity (Wildman–Crippen MR) is 188 cm³/mol. The second-order valence-electron chi connectivity index (χ2n) is 12.5. The summed E-state index contributed by atoms with van der Waals surface area (Å²) in [4.78, 5) is 27.6. The maximum Gasteiger partial charge on any atom is 0.407 e. The first kappa shape index (κ1) is 33.1. The van der Waals surface area contributed by atoms with Crippen LogP contribution in [0, 0.1) is 0 Å². The largest absolute Gasteiger partial charge is 0.491 e. The zero-order chi connectivity index (χ0) is 33.3. The summed E-state index contributed by atoms with van der Waals surface area (Å²) in [5, 5.41) is 20.1. The molecule has 3 atom stereocenters. The lowest BCUT2D eigenvalue weighted by molar-refractivity contribution is -0.120. The van der Waals surface area contributed by atoms with Crippen LogP contribution in [-0.2, 0) is 22.4 Å². The molecule has 1 saturated heterocycles. The second-order valence-corrected chi connectivity index (χ2v) is 12.5. The van der Waals surface area contributed by atoms with Crippen molar-refractivity contribution in [3.63, 3.8) is 0 Å². The third kappa shape index (κ3) is 8.16. The maximum absolute atomic E-state index is 14.1. The molecule has 2 heterocycles. The van der Waals surface area contributed by atoms with Gasteiger partial charge in [-0.05, 0) is 60.1 Å². The number of amides is 2. The van der Waals surface area contributed by atoms with Gasteiger partial charge < -0.3 is 30.5 Å². The Hall–Kier alpha value is -4.86. The Bertz CT molecular complexity index is 1630. The minimum Gasteiger partial charge on any atom is -0.491 e. The van der Waals surface area contributed by atoms with Gasteiger partial charge in [0.1, 0.15) is 24.5 Å². The minimum absolute atomic E-state index is 0.0206. The molecule has 0 radical (unpaired) electrons. The Balaban J connectivity index is 1.12. The normalized spacial score (nSPS) is 17.9. The molecule has 4 aromatic rings. The van der Waals surface area contributed by atoms with Crippen molar-refractivity contribution in [2.45, 2.75) is 49.9 Å². The highest BCUT2D eigenvalue weighted by molar-refractivity contribution is 5.98. The average molecular weight is 649 g/mol. The highest BCUT2D eigenvalue weighted by Gasteiger charge is 2.37. The van der Waals surface area contributed by atoms with Gasteiger partial charge in [-0.15, -0.1) is 0 Å². The summed E-state index contributed by atoms with van der Waals surface area (Å²) in [5.74, 6) is -0.0681. The lowest BCUT2D eigenvalue weighted by Gasteiger charge is -2.33. The number of carbonyl (C=O) groups is 2. The first-order valence-corrected chi connectivity index (χ1v) is 16.8. The van der Waals surface area contributed by atoms with Gasteiger partial charge in [-0.2, -0.15) is 0 Å². The predicted octanol–water partition coefficient (Wildman–Crippen LogP) is 6.16. The molecular formula is C39H44N4O5. The molecule has 2 amide bonds. The van der Waals surface area contributed by atoms with Crippen molar-refractivity contribution < 1.29 is 24.2 Å². The molecule has 48 heavy (non-hydrogen) atoms. The average Bonchev–Trinajstić information content (AvgIpc) is 3.13. The Kier molecular flexibility index (Phi) is 10.9. The van der Waals surface area contributed by atoms with E-state index in [2.05, 4.69) is 28.1 Å². The van der Waals surface area contributed by atoms with E-state index in [0.29, 0.717) is 18.7 Å². The Labute approximate surface area is 282 Å². The minimum atomic E-state index is -1.18. The first-order chi connectivity index (χ1) is 23.5. The van der Waals surface area contributed by atoms with Crippen molar-refractivity contribution >= 4 is 23.4 Å². The van der Waals surface area contributed by atoms with Crippen LogP contribution in [0.2, 0.25) is 0 Å². The van der Waals surface area contributed by atoms with E-state index >= 15 is 0 Å². The van der Waals surface area contributed by atoms with Crippen molar-refractivity contribution in [1.29, 1.82) is 0 Å². The van der Waals surface area contributed by atoms with Crippen molar-refractivity contribution in [3.05, 3.63) is 125 Å². The number of ether oxygens (including phenoxy) is 2. The summed E-state index contributed by atoms with van der Waals surface area (Å²) >= 11 is 0. The Morgan fingerprint density at radius 3 is 2.35 bits per heavy atom. The first-order valence-electron chi connectivity index (χ1n) is 16.8. The van der Waals surface area contributed by atoms with Gasteiger partial charge in [0.05, 0.1) is 6.10 Å². The molecule has 250 valence electrons. The smallest absolute Gasteiger partial charge is 0.407 e. The van der Waals surface area contributed by atoms with Gasteiger partial charge in [0.15, 0.2) is 0 Å². The van der Waals surface area contributed by atoms with Gasteiger partial charge >= 0.3 is 6.09 Å². The molecule has 0 saturated carbocycles. The van der Waals surface area contributed by atoms with Gasteiger partial charge in [0, 0.05) is 50.0 Å². The van der Waals surface area contributed by atoms with E-state index in [1.165, 1.54) is 12.6 Å². The van der Waals surface area contributed by atoms with Crippen LogP contribution in [0.25, 0.3) is 0 Å². The molecule has 0 aromatic heterocycles. The number of likely N-dealkylation sites (N-methyl/N-ethyl adjacent to an activating group) is 1. The van der Waals surface area contributed by atoms with E-state index in [1.807, 2.05) is 91.0 Å². The topological polar surface area (TPSA) is 112 Å². The number of fused-ring (bicyclic) bond motifs is 1.